The first-order valence-electron chi connectivity index (χ1n) is 5.70. The van der Waals surface area contributed by atoms with Crippen molar-refractivity contribution in [3.8, 4) is 0 Å². The SMILES string of the molecule is Cl.O=C1N[C@@H]2CNCC2c2cccc(C(F)(F)F)c21. The van der Waals surface area contributed by atoms with Gasteiger partial charge in [0.1, 0.15) is 0 Å². The van der Waals surface area contributed by atoms with Crippen LogP contribution in [0.2, 0.25) is 0 Å². The van der Waals surface area contributed by atoms with Gasteiger partial charge in [0.25, 0.3) is 5.91 Å². The molecule has 0 spiro atoms. The number of amides is 1. The van der Waals surface area contributed by atoms with Gasteiger partial charge in [0.2, 0.25) is 0 Å². The second kappa shape index (κ2) is 4.68. The maximum atomic E-state index is 12.9. The second-order valence-electron chi connectivity index (χ2n) is 4.61. The summed E-state index contributed by atoms with van der Waals surface area (Å²) < 4.78 is 38.7. The molecule has 0 aromatic heterocycles. The van der Waals surface area contributed by atoms with Crippen LogP contribution < -0.4 is 10.6 Å². The van der Waals surface area contributed by atoms with Crippen LogP contribution in [0.25, 0.3) is 0 Å². The summed E-state index contributed by atoms with van der Waals surface area (Å²) in [5, 5.41) is 5.73. The largest absolute Gasteiger partial charge is 0.417 e. The number of alkyl halides is 3. The van der Waals surface area contributed by atoms with Gasteiger partial charge in [-0.3, -0.25) is 4.79 Å². The van der Waals surface area contributed by atoms with Crippen LogP contribution in [0.1, 0.15) is 27.4 Å². The summed E-state index contributed by atoms with van der Waals surface area (Å²) in [6, 6.07) is 3.85. The number of fused-ring (bicyclic) bond motifs is 3. The van der Waals surface area contributed by atoms with E-state index in [4.69, 9.17) is 0 Å². The second-order valence-corrected chi connectivity index (χ2v) is 4.61. The highest BCUT2D eigenvalue weighted by Crippen LogP contribution is 2.38. The van der Waals surface area contributed by atoms with Crippen molar-refractivity contribution in [2.45, 2.75) is 18.1 Å². The van der Waals surface area contributed by atoms with E-state index in [1.54, 1.807) is 6.07 Å². The monoisotopic (exact) mass is 292 g/mol. The molecule has 104 valence electrons. The highest BCUT2D eigenvalue weighted by Gasteiger charge is 2.43. The fraction of sp³-hybridized carbons (Fsp3) is 0.417. The maximum absolute atomic E-state index is 12.9. The van der Waals surface area contributed by atoms with Gasteiger partial charge < -0.3 is 10.6 Å². The van der Waals surface area contributed by atoms with Gasteiger partial charge in [0.15, 0.2) is 0 Å². The molecule has 1 aromatic carbocycles. The smallest absolute Gasteiger partial charge is 0.347 e. The number of halogens is 4. The molecule has 2 N–H and O–H groups in total. The minimum absolute atomic E-state index is 0. The lowest BCUT2D eigenvalue weighted by Gasteiger charge is -2.29. The van der Waals surface area contributed by atoms with E-state index >= 15 is 0 Å². The number of carbonyl (C=O) groups excluding carboxylic acids is 1. The van der Waals surface area contributed by atoms with E-state index in [1.807, 2.05) is 0 Å². The normalized spacial score (nSPS) is 25.1. The number of hydrogen-bond donors (Lipinski definition) is 2. The first-order valence-corrected chi connectivity index (χ1v) is 5.70. The van der Waals surface area contributed by atoms with Gasteiger partial charge in [0, 0.05) is 25.0 Å². The highest BCUT2D eigenvalue weighted by atomic mass is 35.5. The van der Waals surface area contributed by atoms with Crippen molar-refractivity contribution in [1.82, 2.24) is 10.6 Å². The molecule has 7 heteroatoms. The number of nitrogens with one attached hydrogen (secondary N) is 2. The molecule has 19 heavy (non-hydrogen) atoms. The zero-order chi connectivity index (χ0) is 12.9. The molecule has 0 radical (unpaired) electrons. The molecule has 3 rings (SSSR count). The van der Waals surface area contributed by atoms with Crippen LogP contribution in [-0.2, 0) is 6.18 Å². The Morgan fingerprint density at radius 1 is 1.21 bits per heavy atom. The van der Waals surface area contributed by atoms with Crippen LogP contribution in [0.4, 0.5) is 13.2 Å². The van der Waals surface area contributed by atoms with Gasteiger partial charge in [-0.15, -0.1) is 12.4 Å². The lowest BCUT2D eigenvalue weighted by Crippen LogP contribution is -2.45. The molecule has 0 aliphatic carbocycles. The Balaban J connectivity index is 0.00000133. The molecule has 1 amide bonds. The van der Waals surface area contributed by atoms with Crippen molar-refractivity contribution in [3.63, 3.8) is 0 Å². The Morgan fingerprint density at radius 2 is 1.95 bits per heavy atom. The molecule has 1 aromatic rings. The van der Waals surface area contributed by atoms with E-state index in [9.17, 15) is 18.0 Å². The minimum atomic E-state index is -4.50. The van der Waals surface area contributed by atoms with Crippen LogP contribution in [0.3, 0.4) is 0 Å². The zero-order valence-corrected chi connectivity index (χ0v) is 10.6. The van der Waals surface area contributed by atoms with Crippen molar-refractivity contribution in [1.29, 1.82) is 0 Å². The third-order valence-electron chi connectivity index (χ3n) is 3.56. The molecule has 0 bridgehead atoms. The van der Waals surface area contributed by atoms with Gasteiger partial charge >= 0.3 is 6.18 Å². The number of hydrogen-bond acceptors (Lipinski definition) is 2. The van der Waals surface area contributed by atoms with E-state index in [0.717, 1.165) is 6.07 Å². The summed E-state index contributed by atoms with van der Waals surface area (Å²) >= 11 is 0. The number of benzene rings is 1. The molecule has 0 saturated carbocycles. The summed E-state index contributed by atoms with van der Waals surface area (Å²) in [6.07, 6.45) is -4.50. The van der Waals surface area contributed by atoms with Crippen LogP contribution in [0.15, 0.2) is 18.2 Å². The standard InChI is InChI=1S/C12H11F3N2O.ClH/c13-12(14,15)8-3-1-2-6-7-4-16-5-9(7)17-11(18)10(6)8;/h1-3,7,9,16H,4-5H2,(H,17,18);1H/t7?,9-;/m1./s1. The topological polar surface area (TPSA) is 41.1 Å². The Bertz CT molecular complexity index is 518. The van der Waals surface area contributed by atoms with Crippen LogP contribution in [-0.4, -0.2) is 25.0 Å². The summed E-state index contributed by atoms with van der Waals surface area (Å²) in [4.78, 5) is 11.9. The van der Waals surface area contributed by atoms with Gasteiger partial charge in [-0.2, -0.15) is 13.2 Å². The lowest BCUT2D eigenvalue weighted by molar-refractivity contribution is -0.138. The molecule has 2 heterocycles. The van der Waals surface area contributed by atoms with Gasteiger partial charge in [-0.1, -0.05) is 12.1 Å². The zero-order valence-electron chi connectivity index (χ0n) is 9.75. The predicted octanol–water partition coefficient (Wildman–Crippen LogP) is 1.93. The highest BCUT2D eigenvalue weighted by molar-refractivity contribution is 5.99. The third kappa shape index (κ3) is 2.19. The van der Waals surface area contributed by atoms with Crippen molar-refractivity contribution in [2.24, 2.45) is 0 Å². The molecule has 2 aliphatic rings. The summed E-state index contributed by atoms with van der Waals surface area (Å²) in [7, 11) is 0. The van der Waals surface area contributed by atoms with Crippen molar-refractivity contribution in [3.05, 3.63) is 34.9 Å². The minimum Gasteiger partial charge on any atom is -0.347 e. The molecular weight excluding hydrogens is 281 g/mol. The van der Waals surface area contributed by atoms with E-state index < -0.39 is 17.6 Å². The molecule has 2 atom stereocenters. The summed E-state index contributed by atoms with van der Waals surface area (Å²) in [6.45, 7) is 1.20. The van der Waals surface area contributed by atoms with Crippen molar-refractivity contribution >= 4 is 18.3 Å². The average molecular weight is 293 g/mol. The van der Waals surface area contributed by atoms with Crippen LogP contribution >= 0.6 is 12.4 Å². The number of rotatable bonds is 0. The molecule has 1 unspecified atom stereocenters. The van der Waals surface area contributed by atoms with Crippen molar-refractivity contribution in [2.75, 3.05) is 13.1 Å². The number of carbonyl (C=O) groups is 1. The van der Waals surface area contributed by atoms with Crippen molar-refractivity contribution < 1.29 is 18.0 Å². The fourth-order valence-electron chi connectivity index (χ4n) is 2.77. The van der Waals surface area contributed by atoms with E-state index in [1.165, 1.54) is 6.07 Å². The fourth-order valence-corrected chi connectivity index (χ4v) is 2.77. The third-order valence-corrected chi connectivity index (χ3v) is 3.56. The average Bonchev–Trinajstić information content (AvgIpc) is 2.75. The van der Waals surface area contributed by atoms with Gasteiger partial charge in [0.05, 0.1) is 11.1 Å². The van der Waals surface area contributed by atoms with E-state index in [-0.39, 0.29) is 29.9 Å². The van der Waals surface area contributed by atoms with E-state index in [2.05, 4.69) is 10.6 Å². The van der Waals surface area contributed by atoms with Gasteiger partial charge in [-0.25, -0.2) is 0 Å². The molecule has 3 nitrogen and oxygen atoms in total. The lowest BCUT2D eigenvalue weighted by atomic mass is 9.84. The Hall–Kier alpha value is -1.27. The van der Waals surface area contributed by atoms with E-state index in [0.29, 0.717) is 18.7 Å². The Morgan fingerprint density at radius 3 is 2.63 bits per heavy atom. The summed E-state index contributed by atoms with van der Waals surface area (Å²) in [5.74, 6) is -0.692. The summed E-state index contributed by atoms with van der Waals surface area (Å²) in [5.41, 5.74) is -0.554. The molecule has 2 aliphatic heterocycles. The van der Waals surface area contributed by atoms with Gasteiger partial charge in [-0.05, 0) is 11.6 Å². The van der Waals surface area contributed by atoms with Crippen LogP contribution in [0, 0.1) is 0 Å². The molecular formula is C12H12ClF3N2O. The Kier molecular flexibility index (Phi) is 3.49. The first-order chi connectivity index (χ1) is 8.48. The first kappa shape index (κ1) is 14.1. The predicted molar refractivity (Wildman–Crippen MR) is 65.6 cm³/mol. The maximum Gasteiger partial charge on any atom is 0.417 e. The molecule has 1 fully saturated rings. The quantitative estimate of drug-likeness (QED) is 0.767. The van der Waals surface area contributed by atoms with Crippen LogP contribution in [0.5, 0.6) is 0 Å². The Labute approximate surface area is 114 Å². The molecule has 1 saturated heterocycles.